The molecule has 1 aliphatic carbocycles. The lowest BCUT2D eigenvalue weighted by molar-refractivity contribution is -0.121. The Labute approximate surface area is 168 Å². The van der Waals surface area contributed by atoms with Crippen molar-refractivity contribution in [2.24, 2.45) is 0 Å². The molecule has 1 aromatic heterocycles. The van der Waals surface area contributed by atoms with Crippen molar-refractivity contribution in [3.05, 3.63) is 47.9 Å². The van der Waals surface area contributed by atoms with Gasteiger partial charge in [0.25, 0.3) is 0 Å². The molecule has 0 saturated carbocycles. The Morgan fingerprint density at radius 1 is 1.11 bits per heavy atom. The third kappa shape index (κ3) is 5.05. The molecule has 0 unspecified atom stereocenters. The van der Waals surface area contributed by atoms with Crippen LogP contribution in [0.3, 0.4) is 0 Å². The molecule has 4 heteroatoms. The normalized spacial score (nSPS) is 21.6. The molecule has 28 heavy (non-hydrogen) atoms. The van der Waals surface area contributed by atoms with Gasteiger partial charge in [0, 0.05) is 36.4 Å². The highest BCUT2D eigenvalue weighted by Gasteiger charge is 2.22. The van der Waals surface area contributed by atoms with E-state index in [9.17, 15) is 4.79 Å². The first-order chi connectivity index (χ1) is 13.8. The van der Waals surface area contributed by atoms with E-state index in [0.717, 1.165) is 49.0 Å². The van der Waals surface area contributed by atoms with Gasteiger partial charge in [-0.3, -0.25) is 9.69 Å². The van der Waals surface area contributed by atoms with E-state index in [1.54, 1.807) is 11.8 Å². The van der Waals surface area contributed by atoms with Crippen LogP contribution in [0, 0.1) is 0 Å². The van der Waals surface area contributed by atoms with Gasteiger partial charge in [-0.25, -0.2) is 0 Å². The number of allylic oxidation sites excluding steroid dienone is 1. The second-order valence-electron chi connectivity index (χ2n) is 8.36. The molecule has 2 heterocycles. The van der Waals surface area contributed by atoms with Crippen LogP contribution in [-0.4, -0.2) is 36.5 Å². The number of carbonyl (C=O) groups is 1. The first kappa shape index (κ1) is 19.3. The van der Waals surface area contributed by atoms with Gasteiger partial charge < -0.3 is 9.73 Å². The van der Waals surface area contributed by atoms with Crippen LogP contribution >= 0.6 is 0 Å². The number of nitrogens with one attached hydrogen (secondary N) is 1. The Bertz CT molecular complexity index is 815. The summed E-state index contributed by atoms with van der Waals surface area (Å²) >= 11 is 0. The zero-order valence-corrected chi connectivity index (χ0v) is 16.8. The van der Waals surface area contributed by atoms with Crippen molar-refractivity contribution in [3.63, 3.8) is 0 Å². The largest absolute Gasteiger partial charge is 0.468 e. The summed E-state index contributed by atoms with van der Waals surface area (Å²) in [6.45, 7) is 3.27. The maximum atomic E-state index is 12.5. The van der Waals surface area contributed by atoms with Crippen LogP contribution in [0.2, 0.25) is 0 Å². The number of carbonyl (C=O) groups excluding carboxylic acids is 1. The highest BCUT2D eigenvalue weighted by Crippen LogP contribution is 2.22. The standard InChI is InChI=1S/C24H32N2O2/c27-24(16-23-22-11-7-6-10-20(22)18-28-23)25-21-12-14-26(15-13-21)17-19-8-4-2-1-3-5-9-19/h6-8,10-11,18,21H,1-5,9,12-17H2,(H,25,27)/b19-8+. The molecule has 1 N–H and O–H groups in total. The fourth-order valence-corrected chi connectivity index (χ4v) is 4.54. The molecule has 0 spiro atoms. The van der Waals surface area contributed by atoms with E-state index in [2.05, 4.69) is 16.3 Å². The molecule has 0 radical (unpaired) electrons. The number of benzene rings is 1. The van der Waals surface area contributed by atoms with Crippen molar-refractivity contribution < 1.29 is 9.21 Å². The Morgan fingerprint density at radius 2 is 1.93 bits per heavy atom. The van der Waals surface area contributed by atoms with Crippen molar-refractivity contribution in [1.82, 2.24) is 10.2 Å². The van der Waals surface area contributed by atoms with Crippen molar-refractivity contribution in [2.45, 2.75) is 63.8 Å². The number of hydrogen-bond donors (Lipinski definition) is 1. The minimum absolute atomic E-state index is 0.0706. The maximum absolute atomic E-state index is 12.5. The minimum atomic E-state index is 0.0706. The zero-order chi connectivity index (χ0) is 19.2. The van der Waals surface area contributed by atoms with Crippen LogP contribution in [0.25, 0.3) is 10.8 Å². The lowest BCUT2D eigenvalue weighted by Gasteiger charge is -2.33. The fraction of sp³-hybridized carbons (Fsp3) is 0.542. The van der Waals surface area contributed by atoms with E-state index in [1.807, 2.05) is 24.3 Å². The minimum Gasteiger partial charge on any atom is -0.468 e. The van der Waals surface area contributed by atoms with Gasteiger partial charge in [0.05, 0.1) is 12.7 Å². The van der Waals surface area contributed by atoms with E-state index in [0.29, 0.717) is 6.42 Å². The highest BCUT2D eigenvalue weighted by atomic mass is 16.3. The summed E-state index contributed by atoms with van der Waals surface area (Å²) in [6.07, 6.45) is 14.6. The summed E-state index contributed by atoms with van der Waals surface area (Å²) in [7, 11) is 0. The summed E-state index contributed by atoms with van der Waals surface area (Å²) in [6, 6.07) is 8.30. The average Bonchev–Trinajstić information content (AvgIpc) is 3.08. The fourth-order valence-electron chi connectivity index (χ4n) is 4.54. The van der Waals surface area contributed by atoms with Crippen LogP contribution in [-0.2, 0) is 11.2 Å². The summed E-state index contributed by atoms with van der Waals surface area (Å²) in [4.78, 5) is 15.1. The molecular formula is C24H32N2O2. The molecule has 1 amide bonds. The van der Waals surface area contributed by atoms with Gasteiger partial charge in [0.1, 0.15) is 5.76 Å². The molecule has 150 valence electrons. The van der Waals surface area contributed by atoms with Crippen LogP contribution in [0.15, 0.2) is 46.6 Å². The van der Waals surface area contributed by atoms with Gasteiger partial charge >= 0.3 is 0 Å². The van der Waals surface area contributed by atoms with Crippen LogP contribution < -0.4 is 5.32 Å². The summed E-state index contributed by atoms with van der Waals surface area (Å²) in [5.74, 6) is 0.836. The lowest BCUT2D eigenvalue weighted by atomic mass is 9.98. The first-order valence-corrected chi connectivity index (χ1v) is 10.9. The van der Waals surface area contributed by atoms with Gasteiger partial charge in [-0.15, -0.1) is 0 Å². The van der Waals surface area contributed by atoms with Crippen LogP contribution in [0.4, 0.5) is 0 Å². The lowest BCUT2D eigenvalue weighted by Crippen LogP contribution is -2.45. The number of amides is 1. The molecule has 2 aliphatic rings. The molecule has 4 nitrogen and oxygen atoms in total. The second kappa shape index (κ2) is 9.42. The van der Waals surface area contributed by atoms with E-state index in [4.69, 9.17) is 4.42 Å². The van der Waals surface area contributed by atoms with Crippen molar-refractivity contribution in [3.8, 4) is 0 Å². The zero-order valence-electron chi connectivity index (χ0n) is 16.8. The Kier molecular flexibility index (Phi) is 6.48. The molecule has 1 aromatic carbocycles. The molecule has 1 fully saturated rings. The second-order valence-corrected chi connectivity index (χ2v) is 8.36. The average molecular weight is 381 g/mol. The topological polar surface area (TPSA) is 45.5 Å². The number of likely N-dealkylation sites (tertiary alicyclic amines) is 1. The molecule has 1 saturated heterocycles. The van der Waals surface area contributed by atoms with Gasteiger partial charge in [-0.2, -0.15) is 0 Å². The first-order valence-electron chi connectivity index (χ1n) is 10.9. The van der Waals surface area contributed by atoms with Gasteiger partial charge in [0.15, 0.2) is 0 Å². The molecule has 0 atom stereocenters. The van der Waals surface area contributed by atoms with E-state index in [-0.39, 0.29) is 11.9 Å². The SMILES string of the molecule is O=C(Cc1occ2ccccc12)NC1CCN(C/C2=C/CCCCCC2)CC1. The molecule has 0 bridgehead atoms. The highest BCUT2D eigenvalue weighted by molar-refractivity contribution is 5.88. The van der Waals surface area contributed by atoms with Crippen molar-refractivity contribution in [1.29, 1.82) is 0 Å². The molecule has 4 rings (SSSR count). The maximum Gasteiger partial charge on any atom is 0.227 e. The number of piperidine rings is 1. The third-order valence-electron chi connectivity index (χ3n) is 6.17. The van der Waals surface area contributed by atoms with E-state index >= 15 is 0 Å². The van der Waals surface area contributed by atoms with Crippen LogP contribution in [0.5, 0.6) is 0 Å². The number of fused-ring (bicyclic) bond motifs is 1. The molecule has 2 aromatic rings. The summed E-state index contributed by atoms with van der Waals surface area (Å²) < 4.78 is 5.62. The Morgan fingerprint density at radius 3 is 2.82 bits per heavy atom. The van der Waals surface area contributed by atoms with Gasteiger partial charge in [-0.1, -0.05) is 48.8 Å². The predicted molar refractivity (Wildman–Crippen MR) is 113 cm³/mol. The quantitative estimate of drug-likeness (QED) is 0.755. The summed E-state index contributed by atoms with van der Waals surface area (Å²) in [5.41, 5.74) is 1.63. The summed E-state index contributed by atoms with van der Waals surface area (Å²) in [5, 5.41) is 5.32. The van der Waals surface area contributed by atoms with Crippen molar-refractivity contribution in [2.75, 3.05) is 19.6 Å². The van der Waals surface area contributed by atoms with Gasteiger partial charge in [-0.05, 0) is 38.5 Å². The Balaban J connectivity index is 1.23. The molecular weight excluding hydrogens is 348 g/mol. The number of furan rings is 1. The monoisotopic (exact) mass is 380 g/mol. The Hall–Kier alpha value is -2.07. The smallest absolute Gasteiger partial charge is 0.227 e. The number of rotatable bonds is 5. The number of hydrogen-bond acceptors (Lipinski definition) is 3. The molecule has 1 aliphatic heterocycles. The number of nitrogens with zero attached hydrogens (tertiary/aromatic N) is 1. The van der Waals surface area contributed by atoms with Crippen molar-refractivity contribution >= 4 is 16.7 Å². The predicted octanol–water partition coefficient (Wildman–Crippen LogP) is 4.84. The van der Waals surface area contributed by atoms with E-state index in [1.165, 1.54) is 38.5 Å². The van der Waals surface area contributed by atoms with Crippen LogP contribution in [0.1, 0.15) is 57.1 Å². The van der Waals surface area contributed by atoms with E-state index < -0.39 is 0 Å². The third-order valence-corrected chi connectivity index (χ3v) is 6.17. The van der Waals surface area contributed by atoms with Gasteiger partial charge in [0.2, 0.25) is 5.91 Å².